The van der Waals surface area contributed by atoms with Gasteiger partial charge in [-0.25, -0.2) is 8.78 Å². The number of Topliss-reactive ketones (excluding diaryl/α,β-unsaturated/α-hetero) is 1. The quantitative estimate of drug-likeness (QED) is 0.561. The Morgan fingerprint density at radius 2 is 1.70 bits per heavy atom. The van der Waals surface area contributed by atoms with E-state index < -0.39 is 29.6 Å². The Morgan fingerprint density at radius 3 is 2.30 bits per heavy atom. The van der Waals surface area contributed by atoms with Crippen molar-refractivity contribution in [3.05, 3.63) is 65.2 Å². The minimum Gasteiger partial charge on any atom is -0.494 e. The Bertz CT molecular complexity index is 840. The first-order valence-corrected chi connectivity index (χ1v) is 8.76. The number of hydrogen-bond acceptors (Lipinski definition) is 4. The molecule has 1 aliphatic rings. The molecular weight excluding hydrogens is 354 g/mol. The lowest BCUT2D eigenvalue weighted by molar-refractivity contribution is -0.149. The summed E-state index contributed by atoms with van der Waals surface area (Å²) < 4.78 is 37.1. The molecule has 0 atom stereocenters. The minimum absolute atomic E-state index is 0.0322. The smallest absolute Gasteiger partial charge is 0.317 e. The molecule has 0 spiro atoms. The first-order chi connectivity index (χ1) is 13.0. The lowest BCUT2D eigenvalue weighted by Gasteiger charge is -2.27. The first kappa shape index (κ1) is 19.0. The topological polar surface area (TPSA) is 52.6 Å². The fourth-order valence-corrected chi connectivity index (χ4v) is 3.55. The number of esters is 1. The Kier molecular flexibility index (Phi) is 5.54. The number of halogens is 2. The lowest BCUT2D eigenvalue weighted by atomic mass is 9.79. The van der Waals surface area contributed by atoms with E-state index in [9.17, 15) is 18.4 Å². The molecule has 0 aromatic heterocycles. The van der Waals surface area contributed by atoms with Crippen LogP contribution in [0.1, 0.15) is 41.6 Å². The Balaban J connectivity index is 1.72. The third kappa shape index (κ3) is 3.84. The van der Waals surface area contributed by atoms with Crippen LogP contribution < -0.4 is 4.74 Å². The highest BCUT2D eigenvalue weighted by Gasteiger charge is 2.44. The molecule has 0 heterocycles. The number of ketones is 1. The Morgan fingerprint density at radius 1 is 1.04 bits per heavy atom. The summed E-state index contributed by atoms with van der Waals surface area (Å²) in [5.41, 5.74) is -0.0724. The van der Waals surface area contributed by atoms with Crippen LogP contribution in [0.5, 0.6) is 5.75 Å². The molecule has 0 radical (unpaired) electrons. The Hall–Kier alpha value is -2.76. The van der Waals surface area contributed by atoms with E-state index >= 15 is 0 Å². The second kappa shape index (κ2) is 7.86. The number of methoxy groups -OCH3 is 1. The molecule has 3 rings (SSSR count). The van der Waals surface area contributed by atoms with Crippen molar-refractivity contribution < 1.29 is 27.8 Å². The Labute approximate surface area is 156 Å². The van der Waals surface area contributed by atoms with Crippen molar-refractivity contribution in [2.75, 3.05) is 13.7 Å². The van der Waals surface area contributed by atoms with Gasteiger partial charge in [0.15, 0.2) is 24.0 Å². The third-order valence-electron chi connectivity index (χ3n) is 5.05. The van der Waals surface area contributed by atoms with E-state index in [1.54, 1.807) is 12.1 Å². The van der Waals surface area contributed by atoms with Gasteiger partial charge in [0.05, 0.1) is 12.5 Å². The fourth-order valence-electron chi connectivity index (χ4n) is 3.55. The summed E-state index contributed by atoms with van der Waals surface area (Å²) in [6.07, 6.45) is 2.87. The molecule has 0 aliphatic heterocycles. The highest BCUT2D eigenvalue weighted by Crippen LogP contribution is 2.42. The molecule has 0 amide bonds. The SMILES string of the molecule is COc1ccc(C(=O)COC(=O)C2(c3ccc(F)cc3)CCCC2)cc1F. The molecule has 27 heavy (non-hydrogen) atoms. The summed E-state index contributed by atoms with van der Waals surface area (Å²) in [6.45, 7) is -0.479. The van der Waals surface area contributed by atoms with Crippen LogP contribution in [-0.4, -0.2) is 25.5 Å². The second-order valence-electron chi connectivity index (χ2n) is 6.64. The van der Waals surface area contributed by atoms with Gasteiger partial charge in [-0.2, -0.15) is 0 Å². The van der Waals surface area contributed by atoms with Crippen LogP contribution in [0.25, 0.3) is 0 Å². The number of benzene rings is 2. The summed E-state index contributed by atoms with van der Waals surface area (Å²) >= 11 is 0. The van der Waals surface area contributed by atoms with Gasteiger partial charge in [-0.3, -0.25) is 9.59 Å². The van der Waals surface area contributed by atoms with Crippen LogP contribution in [0.4, 0.5) is 8.78 Å². The number of carbonyl (C=O) groups is 2. The summed E-state index contributed by atoms with van der Waals surface area (Å²) in [5.74, 6) is -2.01. The van der Waals surface area contributed by atoms with E-state index in [0.29, 0.717) is 18.4 Å². The molecule has 2 aromatic carbocycles. The molecule has 2 aromatic rings. The van der Waals surface area contributed by atoms with Crippen molar-refractivity contribution in [1.82, 2.24) is 0 Å². The van der Waals surface area contributed by atoms with E-state index in [2.05, 4.69) is 0 Å². The van der Waals surface area contributed by atoms with Gasteiger partial charge in [0.2, 0.25) is 0 Å². The van der Waals surface area contributed by atoms with Gasteiger partial charge < -0.3 is 9.47 Å². The molecule has 0 saturated heterocycles. The van der Waals surface area contributed by atoms with E-state index in [-0.39, 0.29) is 17.1 Å². The normalized spacial score (nSPS) is 15.4. The molecule has 1 fully saturated rings. The van der Waals surface area contributed by atoms with Crippen molar-refractivity contribution in [3.63, 3.8) is 0 Å². The predicted molar refractivity (Wildman–Crippen MR) is 94.8 cm³/mol. The predicted octanol–water partition coefficient (Wildman–Crippen LogP) is 4.21. The maximum absolute atomic E-state index is 13.8. The van der Waals surface area contributed by atoms with E-state index in [4.69, 9.17) is 9.47 Å². The van der Waals surface area contributed by atoms with E-state index in [1.807, 2.05) is 0 Å². The zero-order valence-electron chi connectivity index (χ0n) is 15.0. The van der Waals surface area contributed by atoms with Gasteiger partial charge in [-0.05, 0) is 48.7 Å². The number of ether oxygens (including phenoxy) is 2. The van der Waals surface area contributed by atoms with Crippen molar-refractivity contribution in [2.45, 2.75) is 31.1 Å². The van der Waals surface area contributed by atoms with Crippen LogP contribution >= 0.6 is 0 Å². The molecule has 142 valence electrons. The zero-order chi connectivity index (χ0) is 19.4. The van der Waals surface area contributed by atoms with Crippen molar-refractivity contribution in [2.24, 2.45) is 0 Å². The van der Waals surface area contributed by atoms with Crippen LogP contribution in [0.15, 0.2) is 42.5 Å². The monoisotopic (exact) mass is 374 g/mol. The molecular formula is C21H20F2O4. The largest absolute Gasteiger partial charge is 0.494 e. The number of carbonyl (C=O) groups excluding carboxylic acids is 2. The second-order valence-corrected chi connectivity index (χ2v) is 6.64. The van der Waals surface area contributed by atoms with E-state index in [0.717, 1.165) is 18.9 Å². The molecule has 0 bridgehead atoms. The van der Waals surface area contributed by atoms with Gasteiger partial charge in [0.25, 0.3) is 0 Å². The average Bonchev–Trinajstić information content (AvgIpc) is 3.17. The summed E-state index contributed by atoms with van der Waals surface area (Å²) in [4.78, 5) is 25.1. The molecule has 6 heteroatoms. The summed E-state index contributed by atoms with van der Waals surface area (Å²) in [6, 6.07) is 9.62. The van der Waals surface area contributed by atoms with Crippen molar-refractivity contribution >= 4 is 11.8 Å². The molecule has 0 unspecified atom stereocenters. The molecule has 1 aliphatic carbocycles. The highest BCUT2D eigenvalue weighted by atomic mass is 19.1. The fraction of sp³-hybridized carbons (Fsp3) is 0.333. The molecule has 1 saturated carbocycles. The van der Waals surface area contributed by atoms with Gasteiger partial charge in [0.1, 0.15) is 5.82 Å². The minimum atomic E-state index is -0.862. The molecule has 0 N–H and O–H groups in total. The summed E-state index contributed by atoms with van der Waals surface area (Å²) in [7, 11) is 1.33. The van der Waals surface area contributed by atoms with Crippen LogP contribution in [0, 0.1) is 11.6 Å². The highest BCUT2D eigenvalue weighted by molar-refractivity contribution is 5.98. The number of hydrogen-bond donors (Lipinski definition) is 0. The summed E-state index contributed by atoms with van der Waals surface area (Å²) in [5, 5.41) is 0. The maximum Gasteiger partial charge on any atom is 0.317 e. The van der Waals surface area contributed by atoms with Gasteiger partial charge in [0, 0.05) is 5.56 Å². The standard InChI is InChI=1S/C21H20F2O4/c1-26-19-9-4-14(12-17(19)23)18(24)13-27-20(25)21(10-2-3-11-21)15-5-7-16(22)8-6-15/h4-9,12H,2-3,10-11,13H2,1H3. The van der Waals surface area contributed by atoms with Crippen LogP contribution in [0.3, 0.4) is 0 Å². The molecule has 4 nitrogen and oxygen atoms in total. The van der Waals surface area contributed by atoms with Crippen molar-refractivity contribution in [3.8, 4) is 5.75 Å². The average molecular weight is 374 g/mol. The van der Waals surface area contributed by atoms with Gasteiger partial charge in [-0.15, -0.1) is 0 Å². The van der Waals surface area contributed by atoms with Crippen molar-refractivity contribution in [1.29, 1.82) is 0 Å². The van der Waals surface area contributed by atoms with Crippen LogP contribution in [-0.2, 0) is 14.9 Å². The van der Waals surface area contributed by atoms with Gasteiger partial charge >= 0.3 is 5.97 Å². The lowest BCUT2D eigenvalue weighted by Crippen LogP contribution is -2.35. The third-order valence-corrected chi connectivity index (χ3v) is 5.05. The maximum atomic E-state index is 13.8. The van der Waals surface area contributed by atoms with Gasteiger partial charge in [-0.1, -0.05) is 25.0 Å². The van der Waals surface area contributed by atoms with E-state index in [1.165, 1.54) is 31.4 Å². The number of rotatable bonds is 6. The zero-order valence-corrected chi connectivity index (χ0v) is 15.0. The first-order valence-electron chi connectivity index (χ1n) is 8.76. The van der Waals surface area contributed by atoms with Crippen LogP contribution in [0.2, 0.25) is 0 Å².